The summed E-state index contributed by atoms with van der Waals surface area (Å²) in [5.41, 5.74) is 4.99. The number of benzene rings is 1. The molecule has 0 radical (unpaired) electrons. The van der Waals surface area contributed by atoms with Crippen LogP contribution in [0.4, 0.5) is 0 Å². The molecular weight excluding hydrogens is 510 g/mol. The van der Waals surface area contributed by atoms with Crippen LogP contribution in [0, 0.1) is 11.3 Å². The van der Waals surface area contributed by atoms with Gasteiger partial charge in [0, 0.05) is 41.9 Å². The highest BCUT2D eigenvalue weighted by Crippen LogP contribution is 2.44. The van der Waals surface area contributed by atoms with Gasteiger partial charge in [-0.3, -0.25) is 4.79 Å². The van der Waals surface area contributed by atoms with E-state index in [9.17, 15) is 9.90 Å². The molecule has 3 rings (SSSR count). The third-order valence-electron chi connectivity index (χ3n) is 7.68. The number of nitrogens with zero attached hydrogens (tertiary/aromatic N) is 1. The number of ether oxygens (including phenoxy) is 2. The molecule has 0 amide bonds. The second-order valence-corrected chi connectivity index (χ2v) is 12.1. The van der Waals surface area contributed by atoms with E-state index in [2.05, 4.69) is 46.8 Å². The number of fused-ring (bicyclic) bond motifs is 1. The number of allylic oxidation sites excluding steroid dienone is 4. The van der Waals surface area contributed by atoms with Crippen molar-refractivity contribution in [3.8, 4) is 11.5 Å². The molecule has 1 aliphatic rings. The lowest BCUT2D eigenvalue weighted by atomic mass is 9.66. The summed E-state index contributed by atoms with van der Waals surface area (Å²) in [5.74, 6) is 1.92. The smallest absolute Gasteiger partial charge is 0.254 e. The van der Waals surface area contributed by atoms with Gasteiger partial charge in [-0.2, -0.15) is 0 Å². The summed E-state index contributed by atoms with van der Waals surface area (Å²) in [6.07, 6.45) is 10.8. The molecule has 1 N–H and O–H groups in total. The van der Waals surface area contributed by atoms with Crippen molar-refractivity contribution in [2.45, 2.75) is 86.1 Å². The van der Waals surface area contributed by atoms with Gasteiger partial charge >= 0.3 is 0 Å². The number of aliphatic hydroxyl groups excluding tert-OH is 1. The van der Waals surface area contributed by atoms with Crippen molar-refractivity contribution in [2.75, 3.05) is 19.8 Å². The van der Waals surface area contributed by atoms with Crippen LogP contribution in [0.2, 0.25) is 5.02 Å². The summed E-state index contributed by atoms with van der Waals surface area (Å²) in [6.45, 7) is 12.7. The Balaban J connectivity index is 1.74. The summed E-state index contributed by atoms with van der Waals surface area (Å²) >= 11 is 5.95. The number of aromatic nitrogens is 1. The minimum Gasteiger partial charge on any atom is -0.493 e. The Hall–Kier alpha value is -2.50. The van der Waals surface area contributed by atoms with Crippen molar-refractivity contribution in [1.29, 1.82) is 0 Å². The Labute approximate surface area is 239 Å². The number of hydrogen-bond donors (Lipinski definition) is 1. The second kappa shape index (κ2) is 14.8. The van der Waals surface area contributed by atoms with E-state index < -0.39 is 0 Å². The molecule has 1 heterocycles. The number of aliphatic hydroxyl groups is 1. The molecule has 0 bridgehead atoms. The summed E-state index contributed by atoms with van der Waals surface area (Å²) in [4.78, 5) is 13.1. The maximum atomic E-state index is 13.1. The molecule has 0 fully saturated rings. The van der Waals surface area contributed by atoms with Gasteiger partial charge in [-0.05, 0) is 94.9 Å². The van der Waals surface area contributed by atoms with E-state index >= 15 is 0 Å². The molecular formula is C33H46ClNO4. The molecule has 0 aliphatic heterocycles. The molecule has 1 aromatic heterocycles. The Morgan fingerprint density at radius 2 is 1.82 bits per heavy atom. The molecule has 6 heteroatoms. The first-order valence-corrected chi connectivity index (χ1v) is 14.6. The molecule has 1 aromatic carbocycles. The average molecular weight is 556 g/mol. The fourth-order valence-electron chi connectivity index (χ4n) is 5.24. The minimum absolute atomic E-state index is 0.0438. The lowest BCUT2D eigenvalue weighted by molar-refractivity contribution is 0.181. The zero-order valence-corrected chi connectivity index (χ0v) is 25.2. The Bertz CT molecular complexity index is 1190. The first-order valence-electron chi connectivity index (χ1n) is 14.3. The molecule has 39 heavy (non-hydrogen) atoms. The van der Waals surface area contributed by atoms with E-state index in [1.54, 1.807) is 6.07 Å². The molecule has 2 aromatic rings. The molecule has 1 aliphatic carbocycles. The number of rotatable bonds is 14. The quantitative estimate of drug-likeness (QED) is 0.193. The highest BCUT2D eigenvalue weighted by atomic mass is 35.5. The third kappa shape index (κ3) is 9.29. The van der Waals surface area contributed by atoms with Gasteiger partial charge in [-0.1, -0.05) is 48.7 Å². The lowest BCUT2D eigenvalue weighted by Crippen LogP contribution is -2.38. The fraction of sp³-hybridized carbons (Fsp3) is 0.545. The van der Waals surface area contributed by atoms with Gasteiger partial charge < -0.3 is 19.1 Å². The van der Waals surface area contributed by atoms with Crippen LogP contribution in [0.3, 0.4) is 0 Å². The number of pyridine rings is 1. The predicted molar refractivity (Wildman–Crippen MR) is 161 cm³/mol. The summed E-state index contributed by atoms with van der Waals surface area (Å²) < 4.78 is 13.9. The number of hydrogen-bond acceptors (Lipinski definition) is 4. The SMILES string of the molecule is CC(C)=CCC/C(C)=C/CC1Cc2c(OCCCOc3ccc(Cl)cc3)cc(=O)n(CCCO)c2CC1(C)C. The summed E-state index contributed by atoms with van der Waals surface area (Å²) in [7, 11) is 0. The summed E-state index contributed by atoms with van der Waals surface area (Å²) in [6, 6.07) is 8.97. The van der Waals surface area contributed by atoms with Gasteiger partial charge in [-0.25, -0.2) is 0 Å². The van der Waals surface area contributed by atoms with E-state index in [1.807, 2.05) is 28.8 Å². The van der Waals surface area contributed by atoms with Crippen LogP contribution in [0.25, 0.3) is 0 Å². The van der Waals surface area contributed by atoms with Crippen LogP contribution in [0.15, 0.2) is 58.4 Å². The topological polar surface area (TPSA) is 60.7 Å². The van der Waals surface area contributed by atoms with Gasteiger partial charge in [0.1, 0.15) is 11.5 Å². The van der Waals surface area contributed by atoms with Crippen molar-refractivity contribution in [1.82, 2.24) is 4.57 Å². The maximum absolute atomic E-state index is 13.1. The average Bonchev–Trinajstić information content (AvgIpc) is 2.87. The van der Waals surface area contributed by atoms with Crippen LogP contribution >= 0.6 is 11.6 Å². The first-order chi connectivity index (χ1) is 18.6. The molecule has 0 saturated carbocycles. The molecule has 0 spiro atoms. The monoisotopic (exact) mass is 555 g/mol. The van der Waals surface area contributed by atoms with Crippen molar-refractivity contribution in [3.63, 3.8) is 0 Å². The second-order valence-electron chi connectivity index (χ2n) is 11.7. The molecule has 1 unspecified atom stereocenters. The van der Waals surface area contributed by atoms with E-state index in [-0.39, 0.29) is 17.6 Å². The van der Waals surface area contributed by atoms with Crippen LogP contribution in [0.5, 0.6) is 11.5 Å². The van der Waals surface area contributed by atoms with Gasteiger partial charge in [0.2, 0.25) is 0 Å². The maximum Gasteiger partial charge on any atom is 0.254 e. The third-order valence-corrected chi connectivity index (χ3v) is 7.93. The van der Waals surface area contributed by atoms with Gasteiger partial charge in [0.25, 0.3) is 5.56 Å². The van der Waals surface area contributed by atoms with Gasteiger partial charge in [0.15, 0.2) is 0 Å². The minimum atomic E-state index is -0.0566. The highest BCUT2D eigenvalue weighted by Gasteiger charge is 2.37. The zero-order chi connectivity index (χ0) is 28.4. The van der Waals surface area contributed by atoms with Crippen LogP contribution < -0.4 is 15.0 Å². The number of halogens is 1. The Morgan fingerprint density at radius 1 is 1.10 bits per heavy atom. The van der Waals surface area contributed by atoms with Crippen LogP contribution in [0.1, 0.15) is 78.0 Å². The Morgan fingerprint density at radius 3 is 2.51 bits per heavy atom. The van der Waals surface area contributed by atoms with Crippen molar-refractivity contribution in [3.05, 3.63) is 80.3 Å². The van der Waals surface area contributed by atoms with Crippen molar-refractivity contribution >= 4 is 11.6 Å². The van der Waals surface area contributed by atoms with Crippen LogP contribution in [-0.4, -0.2) is 29.5 Å². The van der Waals surface area contributed by atoms with E-state index in [0.717, 1.165) is 49.1 Å². The highest BCUT2D eigenvalue weighted by molar-refractivity contribution is 6.30. The molecule has 214 valence electrons. The molecule has 1 atom stereocenters. The zero-order valence-electron chi connectivity index (χ0n) is 24.4. The Kier molecular flexibility index (Phi) is 11.7. The fourth-order valence-corrected chi connectivity index (χ4v) is 5.36. The van der Waals surface area contributed by atoms with Gasteiger partial charge in [0.05, 0.1) is 13.2 Å². The predicted octanol–water partition coefficient (Wildman–Crippen LogP) is 7.56. The van der Waals surface area contributed by atoms with E-state index in [4.69, 9.17) is 21.1 Å². The van der Waals surface area contributed by atoms with Crippen LogP contribution in [-0.2, 0) is 19.4 Å². The molecule has 5 nitrogen and oxygen atoms in total. The standard InChI is InChI=1S/C33H46ClNO4/c1-24(2)9-6-10-25(3)11-12-26-21-29-30(23-33(26,4)5)35(17-7-18-36)32(37)22-31(29)39-20-8-19-38-28-15-13-27(34)14-16-28/h9,11,13-16,22,26,36H,6-8,10,12,17-21,23H2,1-5H3/b25-11+. The normalized spacial score (nSPS) is 16.5. The molecule has 0 saturated heterocycles. The first kappa shape index (κ1) is 31.0. The van der Waals surface area contributed by atoms with E-state index in [0.29, 0.717) is 49.3 Å². The van der Waals surface area contributed by atoms with Gasteiger partial charge in [-0.15, -0.1) is 0 Å². The lowest BCUT2D eigenvalue weighted by Gasteiger charge is -2.41. The van der Waals surface area contributed by atoms with Crippen molar-refractivity contribution < 1.29 is 14.6 Å². The summed E-state index contributed by atoms with van der Waals surface area (Å²) in [5, 5.41) is 10.1. The van der Waals surface area contributed by atoms with Crippen molar-refractivity contribution in [2.24, 2.45) is 11.3 Å². The van der Waals surface area contributed by atoms with E-state index in [1.165, 1.54) is 11.1 Å². The largest absolute Gasteiger partial charge is 0.493 e.